The number of amides is 4. The first-order chi connectivity index (χ1) is 12.5. The minimum absolute atomic E-state index is 0.449. The molecule has 3 atom stereocenters. The average Bonchev–Trinajstić information content (AvgIpc) is 2.55. The highest BCUT2D eigenvalue weighted by atomic mass is 16.4. The largest absolute Gasteiger partial charge is 0.481 e. The molecule has 0 aromatic carbocycles. The van der Waals surface area contributed by atoms with E-state index >= 15 is 0 Å². The summed E-state index contributed by atoms with van der Waals surface area (Å²) in [7, 11) is 0. The van der Waals surface area contributed by atoms with E-state index in [0.717, 1.165) is 0 Å². The first-order valence-electron chi connectivity index (χ1n) is 7.44. The third-order valence-electron chi connectivity index (χ3n) is 3.01. The van der Waals surface area contributed by atoms with Gasteiger partial charge in [-0.05, 0) is 0 Å². The first kappa shape index (κ1) is 23.7. The van der Waals surface area contributed by atoms with Crippen molar-refractivity contribution in [1.29, 1.82) is 0 Å². The molecular formula is C13H21N5O9. The minimum Gasteiger partial charge on any atom is -0.481 e. The highest BCUT2D eigenvalue weighted by molar-refractivity contribution is 5.94. The molecule has 14 heteroatoms. The zero-order valence-corrected chi connectivity index (χ0v) is 14.0. The lowest BCUT2D eigenvalue weighted by molar-refractivity contribution is -0.147. The van der Waals surface area contributed by atoms with Crippen LogP contribution in [0.2, 0.25) is 0 Å². The van der Waals surface area contributed by atoms with Crippen molar-refractivity contribution in [2.45, 2.75) is 31.0 Å². The summed E-state index contributed by atoms with van der Waals surface area (Å²) in [5, 5.41) is 32.5. The number of carbonyl (C=O) groups excluding carboxylic acids is 4. The molecule has 3 unspecified atom stereocenters. The Morgan fingerprint density at radius 1 is 0.889 bits per heavy atom. The maximum absolute atomic E-state index is 11.9. The van der Waals surface area contributed by atoms with Crippen LogP contribution >= 0.6 is 0 Å². The molecule has 0 fully saturated rings. The Bertz CT molecular complexity index is 609. The molecule has 0 aliphatic rings. The van der Waals surface area contributed by atoms with Crippen LogP contribution in [0.15, 0.2) is 0 Å². The summed E-state index contributed by atoms with van der Waals surface area (Å²) in [4.78, 5) is 67.2. The van der Waals surface area contributed by atoms with E-state index in [1.165, 1.54) is 0 Å². The molecule has 0 aliphatic heterocycles. The normalized spacial score (nSPS) is 13.6. The third-order valence-corrected chi connectivity index (χ3v) is 3.01. The number of hydrogen-bond acceptors (Lipinski definition) is 8. The highest BCUT2D eigenvalue weighted by Gasteiger charge is 2.28. The fourth-order valence-corrected chi connectivity index (χ4v) is 1.69. The van der Waals surface area contributed by atoms with Crippen LogP contribution in [0.5, 0.6) is 0 Å². The molecule has 10 N–H and O–H groups in total. The number of hydrogen-bond donors (Lipinski definition) is 8. The van der Waals surface area contributed by atoms with E-state index in [1.807, 2.05) is 10.6 Å². The number of aliphatic hydroxyl groups is 1. The molecule has 0 rings (SSSR count). The molecule has 152 valence electrons. The number of carboxylic acids is 2. The summed E-state index contributed by atoms with van der Waals surface area (Å²) in [6, 6.07) is -4.64. The second-order valence-corrected chi connectivity index (χ2v) is 5.29. The summed E-state index contributed by atoms with van der Waals surface area (Å²) < 4.78 is 0. The quantitative estimate of drug-likeness (QED) is 0.157. The second kappa shape index (κ2) is 11.4. The summed E-state index contributed by atoms with van der Waals surface area (Å²) in [6.45, 7) is -1.58. The second-order valence-electron chi connectivity index (χ2n) is 5.29. The standard InChI is InChI=1S/C13H21N5O9/c14-5(1-8(15)20)11(24)16-3-9(21)17-7(4-19)12(25)18-6(13(26)27)2-10(22)23/h5-7,19H,1-4,14H2,(H2,15,20)(H,16,24)(H,17,21)(H,18,25)(H,22,23)(H,26,27). The molecule has 0 aromatic heterocycles. The smallest absolute Gasteiger partial charge is 0.326 e. The van der Waals surface area contributed by atoms with E-state index in [4.69, 9.17) is 26.8 Å². The molecule has 0 heterocycles. The maximum atomic E-state index is 11.9. The summed E-state index contributed by atoms with van der Waals surface area (Å²) in [5.74, 6) is -6.87. The van der Waals surface area contributed by atoms with Gasteiger partial charge < -0.3 is 42.7 Å². The molecule has 0 aliphatic carbocycles. The number of carboxylic acid groups (broad SMARTS) is 2. The Hall–Kier alpha value is -3.26. The highest BCUT2D eigenvalue weighted by Crippen LogP contribution is 1.95. The van der Waals surface area contributed by atoms with Crippen molar-refractivity contribution < 1.29 is 44.1 Å². The van der Waals surface area contributed by atoms with Gasteiger partial charge in [0.1, 0.15) is 12.1 Å². The van der Waals surface area contributed by atoms with Crippen LogP contribution < -0.4 is 27.4 Å². The monoisotopic (exact) mass is 391 g/mol. The molecule has 14 nitrogen and oxygen atoms in total. The van der Waals surface area contributed by atoms with Gasteiger partial charge >= 0.3 is 11.9 Å². The Morgan fingerprint density at radius 2 is 1.48 bits per heavy atom. The Labute approximate surface area is 152 Å². The zero-order valence-electron chi connectivity index (χ0n) is 14.0. The first-order valence-corrected chi connectivity index (χ1v) is 7.44. The van der Waals surface area contributed by atoms with Crippen LogP contribution in [0.1, 0.15) is 12.8 Å². The van der Waals surface area contributed by atoms with Gasteiger partial charge in [-0.2, -0.15) is 0 Å². The van der Waals surface area contributed by atoms with Crippen molar-refractivity contribution in [2.24, 2.45) is 11.5 Å². The molecule has 4 amide bonds. The Morgan fingerprint density at radius 3 is 1.93 bits per heavy atom. The van der Waals surface area contributed by atoms with Crippen LogP contribution in [0, 0.1) is 0 Å². The average molecular weight is 391 g/mol. The number of nitrogens with one attached hydrogen (secondary N) is 3. The topological polar surface area (TPSA) is 251 Å². The Balaban J connectivity index is 4.64. The minimum atomic E-state index is -1.77. The van der Waals surface area contributed by atoms with Crippen LogP contribution in [0.4, 0.5) is 0 Å². The van der Waals surface area contributed by atoms with Gasteiger partial charge in [-0.25, -0.2) is 4.79 Å². The van der Waals surface area contributed by atoms with Crippen LogP contribution in [0.25, 0.3) is 0 Å². The Kier molecular flexibility index (Phi) is 10.0. The summed E-state index contributed by atoms with van der Waals surface area (Å²) in [5.41, 5.74) is 10.2. The van der Waals surface area contributed by atoms with Gasteiger partial charge in [0.2, 0.25) is 23.6 Å². The molecule has 0 aromatic rings. The SMILES string of the molecule is NC(=O)CC(N)C(=O)NCC(=O)NC(CO)C(=O)NC(CC(=O)O)C(=O)O. The lowest BCUT2D eigenvalue weighted by Crippen LogP contribution is -2.55. The van der Waals surface area contributed by atoms with Gasteiger partial charge in [-0.15, -0.1) is 0 Å². The molecule has 0 spiro atoms. The van der Waals surface area contributed by atoms with E-state index in [1.54, 1.807) is 0 Å². The number of aliphatic hydroxyl groups excluding tert-OH is 1. The van der Waals surface area contributed by atoms with Crippen molar-refractivity contribution in [1.82, 2.24) is 16.0 Å². The van der Waals surface area contributed by atoms with Crippen molar-refractivity contribution in [2.75, 3.05) is 13.2 Å². The van der Waals surface area contributed by atoms with Crippen LogP contribution in [-0.4, -0.2) is 82.2 Å². The molecule has 0 saturated heterocycles. The van der Waals surface area contributed by atoms with Gasteiger partial charge in [0.15, 0.2) is 0 Å². The fourth-order valence-electron chi connectivity index (χ4n) is 1.69. The lowest BCUT2D eigenvalue weighted by Gasteiger charge is -2.19. The van der Waals surface area contributed by atoms with Crippen LogP contribution in [-0.2, 0) is 28.8 Å². The zero-order chi connectivity index (χ0) is 21.1. The van der Waals surface area contributed by atoms with E-state index in [-0.39, 0.29) is 0 Å². The molecular weight excluding hydrogens is 370 g/mol. The van der Waals surface area contributed by atoms with Crippen molar-refractivity contribution in [3.8, 4) is 0 Å². The number of nitrogens with two attached hydrogens (primary N) is 2. The summed E-state index contributed by atoms with van der Waals surface area (Å²) in [6.07, 6.45) is -1.36. The van der Waals surface area contributed by atoms with Crippen molar-refractivity contribution in [3.63, 3.8) is 0 Å². The molecule has 0 radical (unpaired) electrons. The van der Waals surface area contributed by atoms with Crippen molar-refractivity contribution >= 4 is 35.6 Å². The van der Waals surface area contributed by atoms with E-state index < -0.39 is 79.7 Å². The van der Waals surface area contributed by atoms with Gasteiger partial charge in [0, 0.05) is 0 Å². The molecule has 27 heavy (non-hydrogen) atoms. The van der Waals surface area contributed by atoms with Gasteiger partial charge in [-0.1, -0.05) is 0 Å². The van der Waals surface area contributed by atoms with Gasteiger partial charge in [-0.3, -0.25) is 24.0 Å². The van der Waals surface area contributed by atoms with E-state index in [9.17, 15) is 28.8 Å². The summed E-state index contributed by atoms with van der Waals surface area (Å²) >= 11 is 0. The fraction of sp³-hybridized carbons (Fsp3) is 0.538. The predicted molar refractivity (Wildman–Crippen MR) is 85.6 cm³/mol. The molecule has 0 bridgehead atoms. The van der Waals surface area contributed by atoms with Crippen molar-refractivity contribution in [3.05, 3.63) is 0 Å². The van der Waals surface area contributed by atoms with Crippen LogP contribution in [0.3, 0.4) is 0 Å². The van der Waals surface area contributed by atoms with Gasteiger partial charge in [0.05, 0.1) is 32.0 Å². The van der Waals surface area contributed by atoms with E-state index in [0.29, 0.717) is 0 Å². The number of aliphatic carboxylic acids is 2. The number of rotatable bonds is 12. The molecule has 0 saturated carbocycles. The third kappa shape index (κ3) is 9.71. The lowest BCUT2D eigenvalue weighted by atomic mass is 10.2. The van der Waals surface area contributed by atoms with Gasteiger partial charge in [0.25, 0.3) is 0 Å². The number of primary amides is 1. The maximum Gasteiger partial charge on any atom is 0.326 e. The van der Waals surface area contributed by atoms with E-state index in [2.05, 4.69) is 5.32 Å². The number of carbonyl (C=O) groups is 6. The predicted octanol–water partition coefficient (Wildman–Crippen LogP) is -5.17.